The first-order valence-corrected chi connectivity index (χ1v) is 5.65. The van der Waals surface area contributed by atoms with Gasteiger partial charge in [0.05, 0.1) is 5.39 Å². The Morgan fingerprint density at radius 1 is 1.41 bits per heavy atom. The van der Waals surface area contributed by atoms with Crippen molar-refractivity contribution in [3.63, 3.8) is 0 Å². The van der Waals surface area contributed by atoms with Crippen molar-refractivity contribution in [2.75, 3.05) is 13.1 Å². The lowest BCUT2D eigenvalue weighted by Crippen LogP contribution is -2.17. The molecule has 1 aliphatic heterocycles. The van der Waals surface area contributed by atoms with E-state index in [-0.39, 0.29) is 17.0 Å². The maximum Gasteiger partial charge on any atom is 0.258 e. The van der Waals surface area contributed by atoms with Crippen LogP contribution in [0.4, 0.5) is 4.39 Å². The van der Waals surface area contributed by atoms with Crippen molar-refractivity contribution in [3.05, 3.63) is 40.2 Å². The van der Waals surface area contributed by atoms with Gasteiger partial charge in [0, 0.05) is 12.5 Å². The van der Waals surface area contributed by atoms with E-state index in [1.165, 1.54) is 12.1 Å². The van der Waals surface area contributed by atoms with Crippen LogP contribution in [-0.4, -0.2) is 23.1 Å². The molecule has 17 heavy (non-hydrogen) atoms. The van der Waals surface area contributed by atoms with Gasteiger partial charge in [0.1, 0.15) is 17.2 Å². The molecule has 0 aliphatic carbocycles. The molecule has 2 N–H and O–H groups in total. The van der Waals surface area contributed by atoms with Crippen LogP contribution in [0.25, 0.3) is 10.9 Å². The monoisotopic (exact) mass is 233 g/mol. The van der Waals surface area contributed by atoms with E-state index in [0.29, 0.717) is 11.2 Å². The van der Waals surface area contributed by atoms with E-state index >= 15 is 0 Å². The van der Waals surface area contributed by atoms with Gasteiger partial charge in [-0.2, -0.15) is 0 Å². The Morgan fingerprint density at radius 2 is 2.29 bits per heavy atom. The SMILES string of the molecule is O=c1[nH]c(C2CCNC2)nc2c(F)cccc12. The number of fused-ring (bicyclic) bond motifs is 1. The first-order valence-electron chi connectivity index (χ1n) is 5.65. The number of nitrogens with zero attached hydrogens (tertiary/aromatic N) is 1. The topological polar surface area (TPSA) is 57.8 Å². The van der Waals surface area contributed by atoms with Gasteiger partial charge in [0.2, 0.25) is 0 Å². The fourth-order valence-corrected chi connectivity index (χ4v) is 2.23. The number of H-pyrrole nitrogens is 1. The lowest BCUT2D eigenvalue weighted by atomic mass is 10.1. The summed E-state index contributed by atoms with van der Waals surface area (Å²) < 4.78 is 13.6. The standard InChI is InChI=1S/C12H12FN3O/c13-9-3-1-2-8-10(9)15-11(16-12(8)17)7-4-5-14-6-7/h1-3,7,14H,4-6H2,(H,15,16,17). The number of benzene rings is 1. The molecule has 1 fully saturated rings. The number of aromatic nitrogens is 2. The molecule has 0 saturated carbocycles. The molecule has 2 heterocycles. The van der Waals surface area contributed by atoms with Crippen molar-refractivity contribution in [1.29, 1.82) is 0 Å². The Hall–Kier alpha value is -1.75. The Kier molecular flexibility index (Phi) is 2.40. The molecule has 1 aliphatic rings. The normalized spacial score (nSPS) is 19.9. The highest BCUT2D eigenvalue weighted by molar-refractivity contribution is 5.77. The third-order valence-corrected chi connectivity index (χ3v) is 3.15. The molecule has 0 radical (unpaired) electrons. The zero-order valence-corrected chi connectivity index (χ0v) is 9.16. The number of aromatic amines is 1. The predicted molar refractivity (Wildman–Crippen MR) is 62.5 cm³/mol. The molecule has 0 bridgehead atoms. The fourth-order valence-electron chi connectivity index (χ4n) is 2.23. The summed E-state index contributed by atoms with van der Waals surface area (Å²) in [5.74, 6) is 0.310. The van der Waals surface area contributed by atoms with Crippen molar-refractivity contribution in [2.45, 2.75) is 12.3 Å². The van der Waals surface area contributed by atoms with E-state index in [1.807, 2.05) is 0 Å². The van der Waals surface area contributed by atoms with Crippen LogP contribution in [0, 0.1) is 5.82 Å². The smallest absolute Gasteiger partial charge is 0.258 e. The van der Waals surface area contributed by atoms with E-state index in [0.717, 1.165) is 19.5 Å². The molecule has 88 valence electrons. The van der Waals surface area contributed by atoms with Crippen LogP contribution in [0.2, 0.25) is 0 Å². The summed E-state index contributed by atoms with van der Waals surface area (Å²) >= 11 is 0. The molecule has 4 nitrogen and oxygen atoms in total. The van der Waals surface area contributed by atoms with Crippen molar-refractivity contribution < 1.29 is 4.39 Å². The quantitative estimate of drug-likeness (QED) is 0.776. The molecule has 1 aromatic carbocycles. The van der Waals surface area contributed by atoms with E-state index in [9.17, 15) is 9.18 Å². The number of hydrogen-bond acceptors (Lipinski definition) is 3. The molecule has 2 aromatic rings. The van der Waals surface area contributed by atoms with Gasteiger partial charge in [-0.15, -0.1) is 0 Å². The zero-order valence-electron chi connectivity index (χ0n) is 9.16. The van der Waals surface area contributed by atoms with Gasteiger partial charge in [-0.3, -0.25) is 4.79 Å². The number of para-hydroxylation sites is 1. The molecule has 0 amide bonds. The van der Waals surface area contributed by atoms with Gasteiger partial charge < -0.3 is 10.3 Å². The first-order chi connectivity index (χ1) is 8.25. The molecule has 1 aromatic heterocycles. The molecule has 5 heteroatoms. The van der Waals surface area contributed by atoms with Crippen LogP contribution in [0.1, 0.15) is 18.2 Å². The number of halogens is 1. The maximum atomic E-state index is 13.6. The largest absolute Gasteiger partial charge is 0.316 e. The second-order valence-electron chi connectivity index (χ2n) is 4.28. The second kappa shape index (κ2) is 3.92. The average molecular weight is 233 g/mol. The summed E-state index contributed by atoms with van der Waals surface area (Å²) in [5.41, 5.74) is -0.102. The summed E-state index contributed by atoms with van der Waals surface area (Å²) in [6, 6.07) is 4.43. The number of rotatable bonds is 1. The lowest BCUT2D eigenvalue weighted by molar-refractivity contribution is 0.632. The Balaban J connectivity index is 2.22. The van der Waals surface area contributed by atoms with Gasteiger partial charge in [0.25, 0.3) is 5.56 Å². The van der Waals surface area contributed by atoms with Crippen LogP contribution in [0.5, 0.6) is 0 Å². The second-order valence-corrected chi connectivity index (χ2v) is 4.28. The summed E-state index contributed by atoms with van der Waals surface area (Å²) in [7, 11) is 0. The van der Waals surface area contributed by atoms with Crippen molar-refractivity contribution >= 4 is 10.9 Å². The molecular formula is C12H12FN3O. The van der Waals surface area contributed by atoms with Crippen LogP contribution in [0.15, 0.2) is 23.0 Å². The molecule has 1 atom stereocenters. The zero-order chi connectivity index (χ0) is 11.8. The Morgan fingerprint density at radius 3 is 3.06 bits per heavy atom. The summed E-state index contributed by atoms with van der Waals surface area (Å²) in [4.78, 5) is 18.8. The predicted octanol–water partition coefficient (Wildman–Crippen LogP) is 1.14. The van der Waals surface area contributed by atoms with E-state index < -0.39 is 5.82 Å². The van der Waals surface area contributed by atoms with Crippen molar-refractivity contribution in [2.24, 2.45) is 0 Å². The number of nitrogens with one attached hydrogen (secondary N) is 2. The minimum Gasteiger partial charge on any atom is -0.316 e. The highest BCUT2D eigenvalue weighted by atomic mass is 19.1. The molecule has 1 saturated heterocycles. The third kappa shape index (κ3) is 1.72. The van der Waals surface area contributed by atoms with Crippen LogP contribution >= 0.6 is 0 Å². The highest BCUT2D eigenvalue weighted by Gasteiger charge is 2.20. The highest BCUT2D eigenvalue weighted by Crippen LogP contribution is 2.20. The maximum absolute atomic E-state index is 13.6. The summed E-state index contributed by atoms with van der Waals surface area (Å²) in [6.07, 6.45) is 0.920. The molecule has 1 unspecified atom stereocenters. The van der Waals surface area contributed by atoms with Crippen molar-refractivity contribution in [3.8, 4) is 0 Å². The summed E-state index contributed by atoms with van der Waals surface area (Å²) in [5, 5.41) is 3.50. The number of hydrogen-bond donors (Lipinski definition) is 2. The lowest BCUT2D eigenvalue weighted by Gasteiger charge is -2.08. The summed E-state index contributed by atoms with van der Waals surface area (Å²) in [6.45, 7) is 1.69. The van der Waals surface area contributed by atoms with Gasteiger partial charge in [-0.25, -0.2) is 9.37 Å². The van der Waals surface area contributed by atoms with Gasteiger partial charge in [-0.05, 0) is 25.1 Å². The van der Waals surface area contributed by atoms with E-state index in [1.54, 1.807) is 6.07 Å². The van der Waals surface area contributed by atoms with Crippen LogP contribution in [0.3, 0.4) is 0 Å². The third-order valence-electron chi connectivity index (χ3n) is 3.15. The minimum absolute atomic E-state index is 0.165. The molecular weight excluding hydrogens is 221 g/mol. The van der Waals surface area contributed by atoms with Crippen LogP contribution in [-0.2, 0) is 0 Å². The average Bonchev–Trinajstić information content (AvgIpc) is 2.84. The van der Waals surface area contributed by atoms with Gasteiger partial charge in [0.15, 0.2) is 0 Å². The van der Waals surface area contributed by atoms with E-state index in [4.69, 9.17) is 0 Å². The fraction of sp³-hybridized carbons (Fsp3) is 0.333. The Bertz CT molecular complexity index is 617. The minimum atomic E-state index is -0.444. The molecule has 0 spiro atoms. The van der Waals surface area contributed by atoms with Gasteiger partial charge >= 0.3 is 0 Å². The van der Waals surface area contributed by atoms with Gasteiger partial charge in [-0.1, -0.05) is 6.07 Å². The van der Waals surface area contributed by atoms with Crippen LogP contribution < -0.4 is 10.9 Å². The van der Waals surface area contributed by atoms with E-state index in [2.05, 4.69) is 15.3 Å². The Labute approximate surface area is 96.9 Å². The van der Waals surface area contributed by atoms with Crippen molar-refractivity contribution in [1.82, 2.24) is 15.3 Å². The molecule has 3 rings (SSSR count). The first kappa shape index (κ1) is 10.4.